The van der Waals surface area contributed by atoms with Crippen molar-refractivity contribution in [1.29, 1.82) is 0 Å². The molecule has 3 rings (SSSR count). The first-order valence-corrected chi connectivity index (χ1v) is 11.6. The number of hydrogen-bond acceptors (Lipinski definition) is 10. The number of esters is 2. The van der Waals surface area contributed by atoms with Gasteiger partial charge < -0.3 is 20.5 Å². The molecule has 10 nitrogen and oxygen atoms in total. The molecule has 1 saturated heterocycles. The molecule has 0 radical (unpaired) electrons. The molecule has 2 amide bonds. The fraction of sp³-hybridized carbons (Fsp3) is 0.450. The Hall–Kier alpha value is -2.86. The Morgan fingerprint density at radius 3 is 2.66 bits per heavy atom. The molecule has 1 aromatic rings. The predicted molar refractivity (Wildman–Crippen MR) is 120 cm³/mol. The van der Waals surface area contributed by atoms with E-state index in [0.29, 0.717) is 22.2 Å². The molecule has 12 heteroatoms. The van der Waals surface area contributed by atoms with Crippen molar-refractivity contribution in [1.82, 2.24) is 15.2 Å². The van der Waals surface area contributed by atoms with Gasteiger partial charge in [-0.25, -0.2) is 9.78 Å². The Labute approximate surface area is 193 Å². The second-order valence-electron chi connectivity index (χ2n) is 7.98. The largest absolute Gasteiger partial charge is 0.427 e. The zero-order chi connectivity index (χ0) is 23.6. The Balaban J connectivity index is 1.60. The van der Waals surface area contributed by atoms with Crippen LogP contribution in [0.25, 0.3) is 5.57 Å². The van der Waals surface area contributed by atoms with Crippen LogP contribution < -0.4 is 11.1 Å². The summed E-state index contributed by atoms with van der Waals surface area (Å²) in [6, 6.07) is -0.798. The van der Waals surface area contributed by atoms with Gasteiger partial charge in [-0.3, -0.25) is 19.3 Å². The first kappa shape index (κ1) is 23.8. The number of carbonyl (C=O) groups is 4. The number of amides is 2. The average Bonchev–Trinajstić information content (AvgIpc) is 3.16. The van der Waals surface area contributed by atoms with Gasteiger partial charge in [0.15, 0.2) is 5.13 Å². The number of nitrogens with one attached hydrogen (secondary N) is 1. The minimum atomic E-state index is -0.798. The van der Waals surface area contributed by atoms with Gasteiger partial charge >= 0.3 is 11.9 Å². The van der Waals surface area contributed by atoms with E-state index in [1.54, 1.807) is 45.2 Å². The van der Waals surface area contributed by atoms with Crippen molar-refractivity contribution in [2.45, 2.75) is 39.1 Å². The van der Waals surface area contributed by atoms with Crippen LogP contribution >= 0.6 is 23.1 Å². The second-order valence-corrected chi connectivity index (χ2v) is 10.0. The van der Waals surface area contributed by atoms with Crippen LogP contribution in [0, 0.1) is 5.41 Å². The number of nitrogens with zero attached hydrogens (tertiary/aromatic N) is 2. The summed E-state index contributed by atoms with van der Waals surface area (Å²) in [6.07, 6.45) is 3.17. The van der Waals surface area contributed by atoms with Crippen LogP contribution in [0.2, 0.25) is 0 Å². The van der Waals surface area contributed by atoms with Crippen LogP contribution in [0.5, 0.6) is 0 Å². The number of nitrogen functional groups attached to an aromatic ring is 1. The Kier molecular flexibility index (Phi) is 6.94. The lowest BCUT2D eigenvalue weighted by Crippen LogP contribution is -2.70. The van der Waals surface area contributed by atoms with Gasteiger partial charge in [0, 0.05) is 11.1 Å². The van der Waals surface area contributed by atoms with Gasteiger partial charge in [0.1, 0.15) is 17.1 Å². The smallest absolute Gasteiger partial charge is 0.357 e. The van der Waals surface area contributed by atoms with Gasteiger partial charge in [-0.1, -0.05) is 6.08 Å². The van der Waals surface area contributed by atoms with Crippen LogP contribution in [0.3, 0.4) is 0 Å². The summed E-state index contributed by atoms with van der Waals surface area (Å²) in [5.74, 6) is -1.72. The molecule has 2 unspecified atom stereocenters. The molecule has 32 heavy (non-hydrogen) atoms. The molecule has 3 heterocycles. The molecule has 2 atom stereocenters. The molecule has 3 N–H and O–H groups in total. The second kappa shape index (κ2) is 9.33. The van der Waals surface area contributed by atoms with Gasteiger partial charge in [-0.05, 0) is 33.8 Å². The number of rotatable bonds is 6. The standard InChI is InChI=1S/C20H24N4O6S2/c1-5-10(11-8-32-19(21)22-11)14(25)23-13-15(26)24-12(6-7-31-16(13)24)17(27)29-9-30-18(28)20(2,3)4/h5-6,8,13,16H,7,9H2,1-4H3,(H2,21,22)(H,23,25)/b10-5-. The monoisotopic (exact) mass is 480 g/mol. The predicted octanol–water partition coefficient (Wildman–Crippen LogP) is 1.50. The maximum absolute atomic E-state index is 12.7. The van der Waals surface area contributed by atoms with Crippen molar-refractivity contribution < 1.29 is 28.7 Å². The molecule has 0 aromatic carbocycles. The number of anilines is 1. The number of carbonyl (C=O) groups excluding carboxylic acids is 4. The third kappa shape index (κ3) is 4.80. The molecule has 0 bridgehead atoms. The van der Waals surface area contributed by atoms with Crippen molar-refractivity contribution in [3.05, 3.63) is 28.9 Å². The highest BCUT2D eigenvalue weighted by molar-refractivity contribution is 8.00. The number of aromatic nitrogens is 1. The van der Waals surface area contributed by atoms with Gasteiger partial charge in [0.05, 0.1) is 16.7 Å². The van der Waals surface area contributed by atoms with Crippen LogP contribution in [0.1, 0.15) is 33.4 Å². The highest BCUT2D eigenvalue weighted by Crippen LogP contribution is 2.38. The third-order valence-corrected chi connectivity index (χ3v) is 6.52. The summed E-state index contributed by atoms with van der Waals surface area (Å²) in [5.41, 5.74) is 5.72. The lowest BCUT2D eigenvalue weighted by Gasteiger charge is -2.48. The van der Waals surface area contributed by atoms with Gasteiger partial charge in [-0.2, -0.15) is 0 Å². The van der Waals surface area contributed by atoms with Crippen LogP contribution in [0.15, 0.2) is 23.2 Å². The molecule has 2 aliphatic heterocycles. The average molecular weight is 481 g/mol. The SMILES string of the molecule is C/C=C(\C(=O)NC1C(=O)N2C(C(=O)OCOC(=O)C(C)(C)C)=CCSC12)c1csc(N)n1. The van der Waals surface area contributed by atoms with E-state index < -0.39 is 47.4 Å². The Bertz CT molecular complexity index is 1010. The maximum atomic E-state index is 12.7. The number of thiazole rings is 1. The van der Waals surface area contributed by atoms with Crippen molar-refractivity contribution in [2.75, 3.05) is 18.3 Å². The molecular formula is C20H24N4O6S2. The highest BCUT2D eigenvalue weighted by Gasteiger charge is 2.53. The molecule has 0 saturated carbocycles. The fourth-order valence-corrected chi connectivity index (χ4v) is 4.74. The van der Waals surface area contributed by atoms with E-state index in [0.717, 1.165) is 0 Å². The number of allylic oxidation sites excluding steroid dienone is 1. The van der Waals surface area contributed by atoms with Crippen LogP contribution in [0.4, 0.5) is 5.13 Å². The van der Waals surface area contributed by atoms with Crippen LogP contribution in [-0.2, 0) is 28.7 Å². The first-order valence-electron chi connectivity index (χ1n) is 9.72. The molecule has 172 valence electrons. The molecule has 1 fully saturated rings. The van der Waals surface area contributed by atoms with Gasteiger partial charge in [0.25, 0.3) is 11.8 Å². The molecular weight excluding hydrogens is 456 g/mol. The molecule has 0 aliphatic carbocycles. The van der Waals surface area contributed by atoms with E-state index in [-0.39, 0.29) is 5.70 Å². The van der Waals surface area contributed by atoms with E-state index in [9.17, 15) is 19.2 Å². The fourth-order valence-electron chi connectivity index (χ4n) is 2.98. The summed E-state index contributed by atoms with van der Waals surface area (Å²) in [5, 5.41) is 4.26. The number of nitrogens with two attached hydrogens (primary N) is 1. The first-order chi connectivity index (χ1) is 15.0. The highest BCUT2D eigenvalue weighted by atomic mass is 32.2. The molecule has 0 spiro atoms. The lowest BCUT2D eigenvalue weighted by molar-refractivity contribution is -0.173. The number of β-lactam (4-membered cyclic amide) rings is 1. The number of hydrogen-bond donors (Lipinski definition) is 2. The maximum Gasteiger partial charge on any atom is 0.357 e. The topological polar surface area (TPSA) is 141 Å². The Morgan fingerprint density at radius 1 is 1.34 bits per heavy atom. The normalized spacial score (nSPS) is 20.6. The van der Waals surface area contributed by atoms with Crippen molar-refractivity contribution in [3.8, 4) is 0 Å². The summed E-state index contributed by atoms with van der Waals surface area (Å²) in [7, 11) is 0. The molecule has 1 aromatic heterocycles. The van der Waals surface area contributed by atoms with Crippen molar-refractivity contribution >= 4 is 57.6 Å². The minimum absolute atomic E-state index is 0.0644. The lowest BCUT2D eigenvalue weighted by atomic mass is 9.98. The summed E-state index contributed by atoms with van der Waals surface area (Å²) >= 11 is 2.62. The third-order valence-electron chi connectivity index (χ3n) is 4.67. The zero-order valence-corrected chi connectivity index (χ0v) is 19.7. The summed E-state index contributed by atoms with van der Waals surface area (Å²) in [4.78, 5) is 55.0. The summed E-state index contributed by atoms with van der Waals surface area (Å²) in [6.45, 7) is 6.18. The zero-order valence-electron chi connectivity index (χ0n) is 18.0. The van der Waals surface area contributed by atoms with Crippen molar-refractivity contribution in [3.63, 3.8) is 0 Å². The van der Waals surface area contributed by atoms with Crippen LogP contribution in [-0.4, -0.2) is 57.6 Å². The summed E-state index contributed by atoms with van der Waals surface area (Å²) < 4.78 is 9.95. The van der Waals surface area contributed by atoms with E-state index >= 15 is 0 Å². The van der Waals surface area contributed by atoms with Gasteiger partial charge in [0.2, 0.25) is 6.79 Å². The number of thioether (sulfide) groups is 1. The van der Waals surface area contributed by atoms with E-state index in [4.69, 9.17) is 15.2 Å². The quantitative estimate of drug-likeness (QED) is 0.268. The minimum Gasteiger partial charge on any atom is -0.427 e. The Morgan fingerprint density at radius 2 is 2.06 bits per heavy atom. The van der Waals surface area contributed by atoms with Gasteiger partial charge in [-0.15, -0.1) is 23.1 Å². The van der Waals surface area contributed by atoms with Crippen molar-refractivity contribution in [2.24, 2.45) is 5.41 Å². The number of ether oxygens (including phenoxy) is 2. The van der Waals surface area contributed by atoms with E-state index in [1.165, 1.54) is 28.0 Å². The molecule has 2 aliphatic rings. The number of fused-ring (bicyclic) bond motifs is 1. The van der Waals surface area contributed by atoms with E-state index in [1.807, 2.05) is 0 Å². The van der Waals surface area contributed by atoms with E-state index in [2.05, 4.69) is 10.3 Å².